The molecule has 0 fully saturated rings. The van der Waals surface area contributed by atoms with Gasteiger partial charge in [0, 0.05) is 11.9 Å². The number of fused-ring (bicyclic) bond motifs is 1. The highest BCUT2D eigenvalue weighted by atomic mass is 15.3. The van der Waals surface area contributed by atoms with E-state index in [0.29, 0.717) is 0 Å². The van der Waals surface area contributed by atoms with E-state index in [1.807, 2.05) is 7.05 Å². The summed E-state index contributed by atoms with van der Waals surface area (Å²) in [5.41, 5.74) is 4.86. The van der Waals surface area contributed by atoms with Crippen molar-refractivity contribution in [1.29, 1.82) is 0 Å². The summed E-state index contributed by atoms with van der Waals surface area (Å²) in [5, 5.41) is 9.17. The van der Waals surface area contributed by atoms with Gasteiger partial charge in [-0.1, -0.05) is 48.0 Å². The second kappa shape index (κ2) is 5.47. The van der Waals surface area contributed by atoms with E-state index in [1.165, 1.54) is 22.0 Å². The Hall–Kier alpha value is -2.13. The number of benzene rings is 2. The van der Waals surface area contributed by atoms with Gasteiger partial charge in [0.2, 0.25) is 0 Å². The van der Waals surface area contributed by atoms with E-state index in [9.17, 15) is 0 Å². The van der Waals surface area contributed by atoms with Gasteiger partial charge in [-0.25, -0.2) is 0 Å². The molecule has 3 nitrogen and oxygen atoms in total. The maximum absolute atomic E-state index is 4.75. The zero-order chi connectivity index (χ0) is 13.9. The molecule has 0 saturated heterocycles. The number of aromatic nitrogens is 2. The third-order valence-corrected chi connectivity index (χ3v) is 3.53. The van der Waals surface area contributed by atoms with Crippen LogP contribution in [0.4, 0.5) is 0 Å². The average Bonchev–Trinajstić information content (AvgIpc) is 2.81. The molecule has 0 aliphatic carbocycles. The standard InChI is InChI=1S/C17H19N3/c1-13-7-9-14(10-8-13)12-20-17-6-4-3-5-15(17)16(19-20)11-18-2/h3-10,18H,11-12H2,1-2H3. The lowest BCUT2D eigenvalue weighted by molar-refractivity contribution is 0.676. The van der Waals surface area contributed by atoms with Crippen LogP contribution in [0, 0.1) is 6.92 Å². The Kier molecular flexibility index (Phi) is 3.52. The smallest absolute Gasteiger partial charge is 0.0841 e. The first kappa shape index (κ1) is 12.9. The molecule has 20 heavy (non-hydrogen) atoms. The van der Waals surface area contributed by atoms with Gasteiger partial charge in [0.25, 0.3) is 0 Å². The second-order valence-electron chi connectivity index (χ2n) is 5.14. The minimum absolute atomic E-state index is 0.793. The van der Waals surface area contributed by atoms with Crippen LogP contribution in [0.3, 0.4) is 0 Å². The Bertz CT molecular complexity index is 711. The minimum Gasteiger partial charge on any atom is -0.314 e. The molecule has 3 aromatic rings. The number of aryl methyl sites for hydroxylation is 1. The first-order chi connectivity index (χ1) is 9.78. The third kappa shape index (κ3) is 2.45. The fourth-order valence-corrected chi connectivity index (χ4v) is 2.48. The first-order valence-corrected chi connectivity index (χ1v) is 6.92. The molecule has 0 spiro atoms. The van der Waals surface area contributed by atoms with Crippen molar-refractivity contribution in [2.75, 3.05) is 7.05 Å². The highest BCUT2D eigenvalue weighted by Gasteiger charge is 2.09. The summed E-state index contributed by atoms with van der Waals surface area (Å²) < 4.78 is 2.09. The molecular weight excluding hydrogens is 246 g/mol. The zero-order valence-corrected chi connectivity index (χ0v) is 11.9. The van der Waals surface area contributed by atoms with Crippen LogP contribution in [-0.4, -0.2) is 16.8 Å². The first-order valence-electron chi connectivity index (χ1n) is 6.92. The van der Waals surface area contributed by atoms with Crippen LogP contribution < -0.4 is 5.32 Å². The number of hydrogen-bond acceptors (Lipinski definition) is 2. The summed E-state index contributed by atoms with van der Waals surface area (Å²) in [7, 11) is 1.95. The van der Waals surface area contributed by atoms with Gasteiger partial charge in [0.1, 0.15) is 0 Å². The molecule has 1 N–H and O–H groups in total. The van der Waals surface area contributed by atoms with Crippen LogP contribution >= 0.6 is 0 Å². The van der Waals surface area contributed by atoms with Crippen molar-refractivity contribution in [3.8, 4) is 0 Å². The monoisotopic (exact) mass is 265 g/mol. The molecule has 0 unspecified atom stereocenters. The summed E-state index contributed by atoms with van der Waals surface area (Å²) in [6.07, 6.45) is 0. The highest BCUT2D eigenvalue weighted by Crippen LogP contribution is 2.19. The number of nitrogens with one attached hydrogen (secondary N) is 1. The van der Waals surface area contributed by atoms with Gasteiger partial charge >= 0.3 is 0 Å². The lowest BCUT2D eigenvalue weighted by Crippen LogP contribution is -2.07. The summed E-state index contributed by atoms with van der Waals surface area (Å²) >= 11 is 0. The Labute approximate surface area is 119 Å². The van der Waals surface area contributed by atoms with Crippen LogP contribution in [0.1, 0.15) is 16.8 Å². The topological polar surface area (TPSA) is 29.9 Å². The molecule has 102 valence electrons. The van der Waals surface area contributed by atoms with E-state index in [4.69, 9.17) is 5.10 Å². The van der Waals surface area contributed by atoms with Crippen molar-refractivity contribution in [2.24, 2.45) is 0 Å². The van der Waals surface area contributed by atoms with Crippen molar-refractivity contribution < 1.29 is 0 Å². The van der Waals surface area contributed by atoms with Crippen LogP contribution in [0.5, 0.6) is 0 Å². The molecule has 0 radical (unpaired) electrons. The SMILES string of the molecule is CNCc1nn(Cc2ccc(C)cc2)c2ccccc12. The predicted octanol–water partition coefficient (Wildman–Crippen LogP) is 3.11. The van der Waals surface area contributed by atoms with E-state index >= 15 is 0 Å². The third-order valence-electron chi connectivity index (χ3n) is 3.53. The molecule has 1 aromatic heterocycles. The zero-order valence-electron chi connectivity index (χ0n) is 11.9. The summed E-state index contributed by atoms with van der Waals surface area (Å²) in [4.78, 5) is 0. The van der Waals surface area contributed by atoms with E-state index in [-0.39, 0.29) is 0 Å². The maximum atomic E-state index is 4.75. The maximum Gasteiger partial charge on any atom is 0.0841 e. The second-order valence-corrected chi connectivity index (χ2v) is 5.14. The Balaban J connectivity index is 2.00. The normalized spacial score (nSPS) is 11.1. The lowest BCUT2D eigenvalue weighted by atomic mass is 10.1. The average molecular weight is 265 g/mol. The molecule has 1 heterocycles. The number of hydrogen-bond donors (Lipinski definition) is 1. The molecule has 0 aliphatic heterocycles. The lowest BCUT2D eigenvalue weighted by Gasteiger charge is -2.04. The minimum atomic E-state index is 0.793. The van der Waals surface area contributed by atoms with Gasteiger partial charge in [0.05, 0.1) is 17.8 Å². The van der Waals surface area contributed by atoms with Gasteiger partial charge in [-0.3, -0.25) is 4.68 Å². The predicted molar refractivity (Wildman–Crippen MR) is 82.8 cm³/mol. The molecule has 0 atom stereocenters. The quantitative estimate of drug-likeness (QED) is 0.785. The number of rotatable bonds is 4. The van der Waals surface area contributed by atoms with Crippen molar-refractivity contribution in [2.45, 2.75) is 20.0 Å². The number of para-hydroxylation sites is 1. The van der Waals surface area contributed by atoms with Crippen LogP contribution in [0.15, 0.2) is 48.5 Å². The Morgan fingerprint density at radius 1 is 1.05 bits per heavy atom. The molecule has 0 saturated carbocycles. The molecule has 3 heteroatoms. The number of nitrogens with zero attached hydrogens (tertiary/aromatic N) is 2. The van der Waals surface area contributed by atoms with Gasteiger partial charge in [-0.05, 0) is 25.6 Å². The van der Waals surface area contributed by atoms with E-state index < -0.39 is 0 Å². The summed E-state index contributed by atoms with van der Waals surface area (Å²) in [5.74, 6) is 0. The summed E-state index contributed by atoms with van der Waals surface area (Å²) in [6.45, 7) is 3.71. The van der Waals surface area contributed by atoms with Gasteiger partial charge in [-0.15, -0.1) is 0 Å². The molecule has 0 amide bonds. The van der Waals surface area contributed by atoms with E-state index in [2.05, 4.69) is 65.5 Å². The van der Waals surface area contributed by atoms with Crippen molar-refractivity contribution in [3.63, 3.8) is 0 Å². The Morgan fingerprint density at radius 2 is 1.80 bits per heavy atom. The van der Waals surface area contributed by atoms with Crippen LogP contribution in [-0.2, 0) is 13.1 Å². The molecule has 0 aliphatic rings. The molecule has 2 aromatic carbocycles. The van der Waals surface area contributed by atoms with Gasteiger partial charge in [-0.2, -0.15) is 5.10 Å². The fraction of sp³-hybridized carbons (Fsp3) is 0.235. The Morgan fingerprint density at radius 3 is 2.55 bits per heavy atom. The van der Waals surface area contributed by atoms with Crippen molar-refractivity contribution in [3.05, 3.63) is 65.4 Å². The molecular formula is C17H19N3. The van der Waals surface area contributed by atoms with Crippen molar-refractivity contribution in [1.82, 2.24) is 15.1 Å². The largest absolute Gasteiger partial charge is 0.314 e. The molecule has 0 bridgehead atoms. The van der Waals surface area contributed by atoms with Crippen molar-refractivity contribution >= 4 is 10.9 Å². The van der Waals surface area contributed by atoms with Gasteiger partial charge in [0.15, 0.2) is 0 Å². The van der Waals surface area contributed by atoms with E-state index in [0.717, 1.165) is 18.8 Å². The van der Waals surface area contributed by atoms with E-state index in [1.54, 1.807) is 0 Å². The van der Waals surface area contributed by atoms with Crippen LogP contribution in [0.2, 0.25) is 0 Å². The summed E-state index contributed by atoms with van der Waals surface area (Å²) in [6, 6.07) is 17.0. The highest BCUT2D eigenvalue weighted by molar-refractivity contribution is 5.82. The van der Waals surface area contributed by atoms with Crippen LogP contribution in [0.25, 0.3) is 10.9 Å². The fourth-order valence-electron chi connectivity index (χ4n) is 2.48. The molecule has 3 rings (SSSR count). The van der Waals surface area contributed by atoms with Gasteiger partial charge < -0.3 is 5.32 Å².